The van der Waals surface area contributed by atoms with Crippen molar-refractivity contribution in [2.24, 2.45) is 0 Å². The number of nitrogens with zero attached hydrogens (tertiary/aromatic N) is 2. The van der Waals surface area contributed by atoms with Crippen molar-refractivity contribution in [3.05, 3.63) is 50.0 Å². The first-order valence-corrected chi connectivity index (χ1v) is 11.4. The summed E-state index contributed by atoms with van der Waals surface area (Å²) in [7, 11) is 0. The molecule has 0 spiro atoms. The smallest absolute Gasteiger partial charge is 0.348 e. The van der Waals surface area contributed by atoms with Crippen molar-refractivity contribution in [2.75, 3.05) is 17.7 Å². The molecule has 0 saturated carbocycles. The van der Waals surface area contributed by atoms with Gasteiger partial charge in [-0.1, -0.05) is 35.0 Å². The van der Waals surface area contributed by atoms with Crippen molar-refractivity contribution in [1.82, 2.24) is 9.55 Å². The van der Waals surface area contributed by atoms with E-state index in [1.54, 1.807) is 22.8 Å². The number of rotatable bonds is 6. The fraction of sp³-hybridized carbons (Fsp3) is 0.450. The molecule has 1 aliphatic carbocycles. The third-order valence-corrected chi connectivity index (χ3v) is 6.91. The summed E-state index contributed by atoms with van der Waals surface area (Å²) in [5.41, 5.74) is 2.46. The number of fused-ring (bicyclic) bond motifs is 1. The fourth-order valence-corrected chi connectivity index (χ4v) is 4.97. The van der Waals surface area contributed by atoms with Gasteiger partial charge in [0.05, 0.1) is 28.4 Å². The number of ether oxygens (including phenoxy) is 1. The van der Waals surface area contributed by atoms with Crippen LogP contribution in [-0.2, 0) is 28.9 Å². The summed E-state index contributed by atoms with van der Waals surface area (Å²) in [4.78, 5) is 29.3. The van der Waals surface area contributed by atoms with Crippen LogP contribution in [0.15, 0.2) is 28.0 Å². The topological polar surface area (TPSA) is 73.2 Å². The standard InChI is InChI=1S/C20H21Cl2N3O3S/c21-15-7-6-12(9-16(15)22)23-18(26)11-29-19-14-4-1-5-17(14)25(20(27)24-19)10-13-3-2-8-28-13/h6-7,9,13H,1-5,8,10-11H2,(H,23,26). The highest BCUT2D eigenvalue weighted by molar-refractivity contribution is 8.00. The summed E-state index contributed by atoms with van der Waals surface area (Å²) in [6.07, 6.45) is 4.85. The van der Waals surface area contributed by atoms with Crippen molar-refractivity contribution in [3.63, 3.8) is 0 Å². The summed E-state index contributed by atoms with van der Waals surface area (Å²) < 4.78 is 7.47. The van der Waals surface area contributed by atoms with Gasteiger partial charge in [-0.05, 0) is 50.3 Å². The van der Waals surface area contributed by atoms with Crippen LogP contribution in [0, 0.1) is 0 Å². The molecular formula is C20H21Cl2N3O3S. The predicted molar refractivity (Wildman–Crippen MR) is 115 cm³/mol. The Bertz CT molecular complexity index is 990. The second kappa shape index (κ2) is 9.08. The van der Waals surface area contributed by atoms with Crippen LogP contribution < -0.4 is 11.0 Å². The molecule has 1 aromatic heterocycles. The Morgan fingerprint density at radius 2 is 2.14 bits per heavy atom. The van der Waals surface area contributed by atoms with Crippen LogP contribution in [0.3, 0.4) is 0 Å². The average molecular weight is 454 g/mol. The van der Waals surface area contributed by atoms with Gasteiger partial charge in [-0.15, -0.1) is 0 Å². The van der Waals surface area contributed by atoms with E-state index in [1.807, 2.05) is 0 Å². The van der Waals surface area contributed by atoms with E-state index in [2.05, 4.69) is 10.3 Å². The Labute approximate surface area is 182 Å². The normalized spacial score (nSPS) is 18.1. The van der Waals surface area contributed by atoms with Crippen LogP contribution in [0.5, 0.6) is 0 Å². The van der Waals surface area contributed by atoms with Crippen LogP contribution in [0.2, 0.25) is 10.0 Å². The molecule has 1 saturated heterocycles. The largest absolute Gasteiger partial charge is 0.376 e. The van der Waals surface area contributed by atoms with Crippen LogP contribution >= 0.6 is 35.0 Å². The second-order valence-electron chi connectivity index (χ2n) is 7.19. The zero-order valence-corrected chi connectivity index (χ0v) is 18.1. The summed E-state index contributed by atoms with van der Waals surface area (Å²) >= 11 is 13.2. The molecule has 0 bridgehead atoms. The lowest BCUT2D eigenvalue weighted by Gasteiger charge is -2.17. The van der Waals surface area contributed by atoms with Gasteiger partial charge >= 0.3 is 5.69 Å². The number of amides is 1. The number of carbonyl (C=O) groups is 1. The first-order chi connectivity index (χ1) is 14.0. The molecule has 1 atom stereocenters. The van der Waals surface area contributed by atoms with E-state index < -0.39 is 0 Å². The molecule has 1 aromatic carbocycles. The molecule has 1 aliphatic heterocycles. The van der Waals surface area contributed by atoms with Crippen molar-refractivity contribution in [3.8, 4) is 0 Å². The molecule has 1 N–H and O–H groups in total. The summed E-state index contributed by atoms with van der Waals surface area (Å²) in [5.74, 6) is -0.0278. The molecule has 6 nitrogen and oxygen atoms in total. The van der Waals surface area contributed by atoms with E-state index in [9.17, 15) is 9.59 Å². The first kappa shape index (κ1) is 20.7. The Morgan fingerprint density at radius 3 is 2.90 bits per heavy atom. The zero-order valence-electron chi connectivity index (χ0n) is 15.7. The van der Waals surface area contributed by atoms with Gasteiger partial charge in [-0.3, -0.25) is 9.36 Å². The van der Waals surface area contributed by atoms with Gasteiger partial charge in [0, 0.05) is 23.6 Å². The minimum Gasteiger partial charge on any atom is -0.376 e. The van der Waals surface area contributed by atoms with Crippen molar-refractivity contribution in [2.45, 2.75) is 49.8 Å². The van der Waals surface area contributed by atoms with Gasteiger partial charge in [-0.2, -0.15) is 4.98 Å². The van der Waals surface area contributed by atoms with Crippen molar-refractivity contribution < 1.29 is 9.53 Å². The lowest BCUT2D eigenvalue weighted by atomic mass is 10.2. The fourth-order valence-electron chi connectivity index (χ4n) is 3.79. The number of hydrogen-bond acceptors (Lipinski definition) is 5. The summed E-state index contributed by atoms with van der Waals surface area (Å²) in [6, 6.07) is 4.93. The maximum absolute atomic E-state index is 12.6. The number of carbonyl (C=O) groups excluding carboxylic acids is 1. The number of halogens is 2. The lowest BCUT2D eigenvalue weighted by Crippen LogP contribution is -2.31. The highest BCUT2D eigenvalue weighted by Crippen LogP contribution is 2.30. The predicted octanol–water partition coefficient (Wildman–Crippen LogP) is 3.95. The molecule has 2 heterocycles. The third kappa shape index (κ3) is 4.79. The Morgan fingerprint density at radius 1 is 1.28 bits per heavy atom. The molecular weight excluding hydrogens is 433 g/mol. The van der Waals surface area contributed by atoms with Gasteiger partial charge in [0.1, 0.15) is 5.03 Å². The number of aromatic nitrogens is 2. The molecule has 29 heavy (non-hydrogen) atoms. The SMILES string of the molecule is O=C(CSc1nc(=O)n(CC2CCCO2)c2c1CCC2)Nc1ccc(Cl)c(Cl)c1. The Kier molecular flexibility index (Phi) is 6.49. The molecule has 1 fully saturated rings. The van der Waals surface area contributed by atoms with Gasteiger partial charge < -0.3 is 10.1 Å². The van der Waals surface area contributed by atoms with Crippen molar-refractivity contribution >= 4 is 46.6 Å². The Balaban J connectivity index is 1.45. The number of hydrogen-bond donors (Lipinski definition) is 1. The van der Waals surface area contributed by atoms with Gasteiger partial charge in [0.25, 0.3) is 0 Å². The van der Waals surface area contributed by atoms with Crippen LogP contribution in [-0.4, -0.2) is 33.9 Å². The van der Waals surface area contributed by atoms with Gasteiger partial charge in [-0.25, -0.2) is 4.79 Å². The second-order valence-corrected chi connectivity index (χ2v) is 8.97. The molecule has 9 heteroatoms. The average Bonchev–Trinajstić information content (AvgIpc) is 3.37. The van der Waals surface area contributed by atoms with E-state index >= 15 is 0 Å². The van der Waals surface area contributed by atoms with E-state index in [0.29, 0.717) is 27.3 Å². The number of nitrogens with one attached hydrogen (secondary N) is 1. The van der Waals surface area contributed by atoms with Crippen LogP contribution in [0.4, 0.5) is 5.69 Å². The van der Waals surface area contributed by atoms with E-state index in [0.717, 1.165) is 50.0 Å². The maximum Gasteiger partial charge on any atom is 0.348 e. The summed E-state index contributed by atoms with van der Waals surface area (Å²) in [6.45, 7) is 1.33. The highest BCUT2D eigenvalue weighted by Gasteiger charge is 2.25. The lowest BCUT2D eigenvalue weighted by molar-refractivity contribution is -0.113. The molecule has 0 radical (unpaired) electrons. The van der Waals surface area contributed by atoms with Crippen LogP contribution in [0.25, 0.3) is 0 Å². The van der Waals surface area contributed by atoms with Crippen molar-refractivity contribution in [1.29, 1.82) is 0 Å². The van der Waals surface area contributed by atoms with Crippen LogP contribution in [0.1, 0.15) is 30.5 Å². The molecule has 1 amide bonds. The monoisotopic (exact) mass is 453 g/mol. The highest BCUT2D eigenvalue weighted by atomic mass is 35.5. The Hall–Kier alpha value is -1.54. The molecule has 1 unspecified atom stereocenters. The summed E-state index contributed by atoms with van der Waals surface area (Å²) in [5, 5.41) is 4.27. The quantitative estimate of drug-likeness (QED) is 0.529. The molecule has 4 rings (SSSR count). The molecule has 154 valence electrons. The first-order valence-electron chi connectivity index (χ1n) is 9.63. The van der Waals surface area contributed by atoms with E-state index in [4.69, 9.17) is 27.9 Å². The molecule has 2 aliphatic rings. The minimum absolute atomic E-state index is 0.0923. The number of anilines is 1. The van der Waals surface area contributed by atoms with E-state index in [-0.39, 0.29) is 23.5 Å². The maximum atomic E-state index is 12.6. The minimum atomic E-state index is -0.256. The number of thioether (sulfide) groups is 1. The third-order valence-electron chi connectivity index (χ3n) is 5.15. The number of benzene rings is 1. The zero-order chi connectivity index (χ0) is 20.4. The molecule has 2 aromatic rings. The van der Waals surface area contributed by atoms with Gasteiger partial charge in [0.2, 0.25) is 5.91 Å². The van der Waals surface area contributed by atoms with Gasteiger partial charge in [0.15, 0.2) is 0 Å². The van der Waals surface area contributed by atoms with E-state index in [1.165, 1.54) is 11.8 Å².